The molecular weight excluding hydrogens is 557 g/mol. The Morgan fingerprint density at radius 1 is 1.07 bits per heavy atom. The number of nitrogens with zero attached hydrogens (tertiary/aromatic N) is 3. The van der Waals surface area contributed by atoms with Crippen molar-refractivity contribution in [3.63, 3.8) is 0 Å². The third kappa shape index (κ3) is 11.2. The Hall–Kier alpha value is -2.46. The van der Waals surface area contributed by atoms with Gasteiger partial charge < -0.3 is 15.7 Å². The average Bonchev–Trinajstić information content (AvgIpc) is 3.65. The number of nitrogen functional groups attached to an aromatic ring is 1. The van der Waals surface area contributed by atoms with E-state index in [1.807, 2.05) is 59.1 Å². The van der Waals surface area contributed by atoms with E-state index in [4.69, 9.17) is 10.7 Å². The highest BCUT2D eigenvalue weighted by Gasteiger charge is 2.19. The molecule has 4 aromatic rings. The van der Waals surface area contributed by atoms with Crippen molar-refractivity contribution in [2.45, 2.75) is 72.4 Å². The number of thiophene rings is 1. The summed E-state index contributed by atoms with van der Waals surface area (Å²) in [7, 11) is 4.11. The number of carboxylic acid groups (broad SMARTS) is 1. The van der Waals surface area contributed by atoms with Gasteiger partial charge in [-0.2, -0.15) is 0 Å². The second kappa shape index (κ2) is 21.3. The second-order valence-electron chi connectivity index (χ2n) is 7.86. The maximum atomic E-state index is 11.5. The van der Waals surface area contributed by atoms with Gasteiger partial charge in [-0.1, -0.05) is 73.9 Å². The van der Waals surface area contributed by atoms with Crippen molar-refractivity contribution in [3.05, 3.63) is 47.5 Å². The van der Waals surface area contributed by atoms with Crippen LogP contribution in [0.4, 0.5) is 5.69 Å². The molecule has 0 radical (unpaired) electrons. The summed E-state index contributed by atoms with van der Waals surface area (Å²) >= 11 is 4.88. The molecule has 222 valence electrons. The smallest absolute Gasteiger partial charge is 0.335 e. The van der Waals surface area contributed by atoms with Crippen molar-refractivity contribution in [3.8, 4) is 21.8 Å². The van der Waals surface area contributed by atoms with Crippen LogP contribution in [0.3, 0.4) is 0 Å². The van der Waals surface area contributed by atoms with Gasteiger partial charge in [0.05, 0.1) is 15.5 Å². The molecule has 0 aliphatic carbocycles. The average molecular weight is 605 g/mol. The predicted molar refractivity (Wildman–Crippen MR) is 181 cm³/mol. The lowest BCUT2D eigenvalue weighted by Crippen LogP contribution is -2.08. The van der Waals surface area contributed by atoms with Crippen molar-refractivity contribution >= 4 is 56.3 Å². The van der Waals surface area contributed by atoms with E-state index in [9.17, 15) is 9.90 Å². The lowest BCUT2D eigenvalue weighted by molar-refractivity contribution is 0.0697. The van der Waals surface area contributed by atoms with Crippen LogP contribution in [0, 0.1) is 0 Å². The SMILES string of the molecule is CC.CC.CC.CCCCSc1sc2nc(-c3nccs3)cc(-c3cccc(C(=O)O)c3)c2c1N.CCN(C)C. The van der Waals surface area contributed by atoms with Gasteiger partial charge in [-0.3, -0.25) is 0 Å². The summed E-state index contributed by atoms with van der Waals surface area (Å²) in [5.74, 6) is 0.0582. The Bertz CT molecular complexity index is 1240. The van der Waals surface area contributed by atoms with Crippen LogP contribution in [-0.2, 0) is 0 Å². The Morgan fingerprint density at radius 2 is 1.73 bits per heavy atom. The van der Waals surface area contributed by atoms with Gasteiger partial charge in [-0.05, 0) is 62.1 Å². The van der Waals surface area contributed by atoms with E-state index in [-0.39, 0.29) is 5.56 Å². The molecule has 40 heavy (non-hydrogen) atoms. The molecule has 0 bridgehead atoms. The number of thiazole rings is 1. The summed E-state index contributed by atoms with van der Waals surface area (Å²) in [6.45, 7) is 17.4. The second-order valence-corrected chi connectivity index (χ2v) is 11.1. The zero-order valence-electron chi connectivity index (χ0n) is 25.9. The van der Waals surface area contributed by atoms with E-state index in [1.54, 1.807) is 47.5 Å². The number of nitrogens with two attached hydrogens (primary N) is 1. The summed E-state index contributed by atoms with van der Waals surface area (Å²) < 4.78 is 1.06. The zero-order chi connectivity index (χ0) is 30.7. The number of aromatic carboxylic acids is 1. The maximum Gasteiger partial charge on any atom is 0.335 e. The molecule has 0 unspecified atom stereocenters. The Morgan fingerprint density at radius 3 is 2.25 bits per heavy atom. The molecule has 0 saturated carbocycles. The fraction of sp³-hybridized carbons (Fsp3) is 0.452. The van der Waals surface area contributed by atoms with Gasteiger partial charge in [-0.25, -0.2) is 14.8 Å². The summed E-state index contributed by atoms with van der Waals surface area (Å²) in [5.41, 5.74) is 9.98. The number of anilines is 1. The summed E-state index contributed by atoms with van der Waals surface area (Å²) in [4.78, 5) is 23.7. The number of hydrogen-bond acceptors (Lipinski definition) is 8. The number of thioether (sulfide) groups is 1. The van der Waals surface area contributed by atoms with E-state index >= 15 is 0 Å². The van der Waals surface area contributed by atoms with Gasteiger partial charge in [0.2, 0.25) is 0 Å². The molecule has 6 nitrogen and oxygen atoms in total. The zero-order valence-corrected chi connectivity index (χ0v) is 28.3. The fourth-order valence-corrected chi connectivity index (χ4v) is 6.07. The molecule has 0 aliphatic rings. The molecular formula is C31H48N4O2S3. The minimum absolute atomic E-state index is 0.245. The van der Waals surface area contributed by atoms with Gasteiger partial charge in [0.1, 0.15) is 15.5 Å². The molecule has 3 N–H and O–H groups in total. The monoisotopic (exact) mass is 604 g/mol. The van der Waals surface area contributed by atoms with Gasteiger partial charge in [0.25, 0.3) is 0 Å². The van der Waals surface area contributed by atoms with Crippen LogP contribution in [0.5, 0.6) is 0 Å². The van der Waals surface area contributed by atoms with Crippen LogP contribution in [0.15, 0.2) is 46.1 Å². The van der Waals surface area contributed by atoms with Gasteiger partial charge in [0, 0.05) is 17.0 Å². The number of unbranched alkanes of at least 4 members (excludes halogenated alkanes) is 1. The van der Waals surface area contributed by atoms with Crippen LogP contribution in [-0.4, -0.2) is 52.3 Å². The number of hydrogen-bond donors (Lipinski definition) is 2. The van der Waals surface area contributed by atoms with E-state index in [0.29, 0.717) is 0 Å². The molecule has 0 fully saturated rings. The minimum atomic E-state index is -0.952. The molecule has 3 heterocycles. The molecule has 4 rings (SSSR count). The van der Waals surface area contributed by atoms with Crippen molar-refractivity contribution in [1.82, 2.24) is 14.9 Å². The summed E-state index contributed by atoms with van der Waals surface area (Å²) in [5, 5.41) is 13.0. The van der Waals surface area contributed by atoms with Crippen LogP contribution < -0.4 is 5.73 Å². The number of carboxylic acids is 1. The first kappa shape index (κ1) is 37.5. The number of fused-ring (bicyclic) bond motifs is 1. The quantitative estimate of drug-likeness (QED) is 0.153. The lowest BCUT2D eigenvalue weighted by Gasteiger charge is -2.08. The molecule has 9 heteroatoms. The van der Waals surface area contributed by atoms with Crippen LogP contribution in [0.2, 0.25) is 0 Å². The molecule has 0 aliphatic heterocycles. The molecule has 0 amide bonds. The van der Waals surface area contributed by atoms with Crippen molar-refractivity contribution in [2.24, 2.45) is 0 Å². The fourth-order valence-electron chi connectivity index (χ4n) is 3.02. The van der Waals surface area contributed by atoms with E-state index in [1.165, 1.54) is 11.3 Å². The topological polar surface area (TPSA) is 92.3 Å². The molecule has 1 aromatic carbocycles. The Labute approximate surface area is 254 Å². The van der Waals surface area contributed by atoms with Gasteiger partial charge in [-0.15, -0.1) is 34.4 Å². The third-order valence-electron chi connectivity index (χ3n) is 5.10. The number of carbonyl (C=O) groups is 1. The highest BCUT2D eigenvalue weighted by Crippen LogP contribution is 2.45. The molecule has 0 spiro atoms. The van der Waals surface area contributed by atoms with Gasteiger partial charge in [0.15, 0.2) is 0 Å². The van der Waals surface area contributed by atoms with Crippen molar-refractivity contribution < 1.29 is 9.90 Å². The number of pyridine rings is 1. The van der Waals surface area contributed by atoms with Crippen LogP contribution in [0.25, 0.3) is 32.0 Å². The van der Waals surface area contributed by atoms with E-state index in [2.05, 4.69) is 37.8 Å². The number of rotatable bonds is 8. The predicted octanol–water partition coefficient (Wildman–Crippen LogP) is 9.91. The van der Waals surface area contributed by atoms with E-state index < -0.39 is 5.97 Å². The van der Waals surface area contributed by atoms with Gasteiger partial charge >= 0.3 is 5.97 Å². The first-order valence-electron chi connectivity index (χ1n) is 14.1. The molecule has 3 aromatic heterocycles. The highest BCUT2D eigenvalue weighted by molar-refractivity contribution is 8.01. The first-order chi connectivity index (χ1) is 19.3. The van der Waals surface area contributed by atoms with Crippen LogP contribution in [0.1, 0.15) is 78.6 Å². The molecule has 0 saturated heterocycles. The third-order valence-corrected chi connectivity index (χ3v) is 8.37. The minimum Gasteiger partial charge on any atom is -0.478 e. The first-order valence-corrected chi connectivity index (χ1v) is 16.8. The summed E-state index contributed by atoms with van der Waals surface area (Å²) in [6.07, 6.45) is 4.02. The van der Waals surface area contributed by atoms with Crippen molar-refractivity contribution in [2.75, 3.05) is 32.1 Å². The van der Waals surface area contributed by atoms with E-state index in [0.717, 1.165) is 67.1 Å². The normalized spacial score (nSPS) is 9.78. The van der Waals surface area contributed by atoms with Crippen molar-refractivity contribution in [1.29, 1.82) is 0 Å². The largest absolute Gasteiger partial charge is 0.478 e. The maximum absolute atomic E-state index is 11.5. The standard InChI is InChI=1S/C21H19N3O2S3.C4H11N.3C2H6/c1-2-3-8-28-21-17(22)16-14(12-5-4-6-13(10-12)20(25)26)11-15(24-19(16)29-21)18-23-7-9-27-18;1-4-5(2)3;3*1-2/h4-7,9-11H,2-3,8,22H2,1H3,(H,25,26);4H2,1-3H3;3*1-2H3. The number of benzene rings is 1. The number of aromatic nitrogens is 2. The highest BCUT2D eigenvalue weighted by atomic mass is 32.2. The lowest BCUT2D eigenvalue weighted by atomic mass is 10.00. The van der Waals surface area contributed by atoms with Crippen LogP contribution >= 0.6 is 34.4 Å². The molecule has 0 atom stereocenters. The Balaban J connectivity index is 0.00000121. The summed E-state index contributed by atoms with van der Waals surface area (Å²) in [6, 6.07) is 8.91. The Kier molecular flexibility index (Phi) is 20.0.